The van der Waals surface area contributed by atoms with E-state index in [2.05, 4.69) is 0 Å². The van der Waals surface area contributed by atoms with Gasteiger partial charge in [0.05, 0.1) is 23.4 Å². The van der Waals surface area contributed by atoms with Crippen LogP contribution in [0.2, 0.25) is 0 Å². The van der Waals surface area contributed by atoms with E-state index in [0.29, 0.717) is 36.8 Å². The number of epoxide rings is 1. The number of hydrogen-bond donors (Lipinski definition) is 5. The van der Waals surface area contributed by atoms with Crippen LogP contribution in [0, 0.1) is 35.5 Å². The molecule has 5 N–H and O–H groups in total. The first-order valence-electron chi connectivity index (χ1n) is 21.2. The summed E-state index contributed by atoms with van der Waals surface area (Å²) in [5.74, 6) is -6.38. The number of rotatable bonds is 4. The molecule has 2 aromatic rings. The minimum atomic E-state index is -2.22. The van der Waals surface area contributed by atoms with Crippen molar-refractivity contribution in [3.8, 4) is 0 Å². The van der Waals surface area contributed by atoms with E-state index in [-0.39, 0.29) is 24.7 Å². The van der Waals surface area contributed by atoms with Crippen LogP contribution < -0.4 is 0 Å². The van der Waals surface area contributed by atoms with Crippen molar-refractivity contribution >= 4 is 11.9 Å². The third-order valence-electron chi connectivity index (χ3n) is 15.9. The number of aliphatic hydroxyl groups is 5. The van der Waals surface area contributed by atoms with Gasteiger partial charge in [0.2, 0.25) is 0 Å². The lowest BCUT2D eigenvalue weighted by Crippen LogP contribution is -2.89. The van der Waals surface area contributed by atoms with Crippen molar-refractivity contribution in [3.63, 3.8) is 0 Å². The summed E-state index contributed by atoms with van der Waals surface area (Å²) in [6.45, 7) is 4.62. The summed E-state index contributed by atoms with van der Waals surface area (Å²) < 4.78 is 39.5. The van der Waals surface area contributed by atoms with Crippen LogP contribution >= 0.6 is 0 Å². The number of allylic oxidation sites excluding steroid dienone is 2. The zero-order valence-electron chi connectivity index (χ0n) is 33.5. The monoisotopic (exact) mass is 814 g/mol. The molecule has 4 aliphatic carbocycles. The summed E-state index contributed by atoms with van der Waals surface area (Å²) in [6, 6.07) is 17.8. The summed E-state index contributed by atoms with van der Waals surface area (Å²) in [7, 11) is 0. The van der Waals surface area contributed by atoms with Gasteiger partial charge < -0.3 is 54.0 Å². The van der Waals surface area contributed by atoms with E-state index < -0.39 is 113 Å². The van der Waals surface area contributed by atoms with E-state index in [4.69, 9.17) is 28.4 Å². The van der Waals surface area contributed by atoms with E-state index in [0.717, 1.165) is 0 Å². The lowest BCUT2D eigenvalue weighted by atomic mass is 9.49. The van der Waals surface area contributed by atoms with Gasteiger partial charge in [0.25, 0.3) is 0 Å². The van der Waals surface area contributed by atoms with E-state index in [1.807, 2.05) is 38.1 Å². The standard InChI is InChI=1S/C46H54O13/c1-25-22-32-43(52)35(25)55-33(48)17-11-10-16-31(54-39(49)29-12-6-4-7-13-29)28-20-18-27(19-21-28)23-41(3,51)45(53)36-26(2)44(32)34(37-42(24-47,56-37)40(43)50)38(45)58-46(57-36,59-44)30-14-8-5-9-15-30/h4-17,25-28,31-32,34-38,40,47,50-53H,18-24H2,1-3H3/b16-10-,17-11+/t25-,26-,27?,28?,31-,32-,34+,35+,36+,37+,38-,40-,41+,42+,43-,44+,45+,46+/m1/s1. The summed E-state index contributed by atoms with van der Waals surface area (Å²) in [5, 5.41) is 63.2. The molecule has 0 unspecified atom stereocenters. The zero-order valence-corrected chi connectivity index (χ0v) is 33.5. The minimum Gasteiger partial charge on any atom is -0.456 e. The average molecular weight is 815 g/mol. The van der Waals surface area contributed by atoms with Crippen molar-refractivity contribution in [1.29, 1.82) is 0 Å². The molecule has 8 fully saturated rings. The SMILES string of the molecule is C[C@@H]1C[C@@H]2[C@]3(O)[C@H](O)[C@@]4(CO)O[C@H]4[C@H]4[C@H]5O[C@]6(c7ccccc7)O[C@@H]([C@@H](C)[C@@]42O6)[C@@]5(O)[C@@](C)(O)CC2CCC(CC2)[C@H](OC(=O)c2ccccc2)/C=C\C=C\C(=O)O[C@@H]13. The number of fused-ring (bicyclic) bond motifs is 2. The maximum absolute atomic E-state index is 13.7. The van der Waals surface area contributed by atoms with Crippen molar-refractivity contribution < 1.29 is 63.5 Å². The summed E-state index contributed by atoms with van der Waals surface area (Å²) in [5.41, 5.74) is -8.37. The molecule has 0 aromatic heterocycles. The van der Waals surface area contributed by atoms with Gasteiger partial charge in [-0.05, 0) is 81.4 Å². The molecule has 4 saturated carbocycles. The second-order valence-corrected chi connectivity index (χ2v) is 18.9. The Morgan fingerprint density at radius 1 is 0.864 bits per heavy atom. The molecular formula is C46H54O13. The fourth-order valence-corrected chi connectivity index (χ4v) is 13.0. The molecule has 7 aliphatic heterocycles. The minimum absolute atomic E-state index is 0.0352. The number of carbonyl (C=O) groups is 2. The molecule has 4 saturated heterocycles. The quantitative estimate of drug-likeness (QED) is 0.223. The number of aliphatic hydroxyl groups excluding tert-OH is 2. The Balaban J connectivity index is 1.11. The second kappa shape index (κ2) is 13.5. The summed E-state index contributed by atoms with van der Waals surface area (Å²) in [6.07, 6.45) is 2.22. The Hall–Kier alpha value is -3.50. The summed E-state index contributed by atoms with van der Waals surface area (Å²) >= 11 is 0. The first-order chi connectivity index (χ1) is 28.2. The first-order valence-corrected chi connectivity index (χ1v) is 21.2. The largest absolute Gasteiger partial charge is 0.456 e. The average Bonchev–Trinajstić information content (AvgIpc) is 3.92. The molecule has 13 heteroatoms. The number of carbonyl (C=O) groups excluding carboxylic acids is 2. The second-order valence-electron chi connectivity index (χ2n) is 18.9. The third kappa shape index (κ3) is 5.35. The Morgan fingerprint density at radius 3 is 2.24 bits per heavy atom. The number of benzene rings is 2. The van der Waals surface area contributed by atoms with Crippen molar-refractivity contribution in [2.24, 2.45) is 35.5 Å². The van der Waals surface area contributed by atoms with E-state index in [9.17, 15) is 35.1 Å². The highest BCUT2D eigenvalue weighted by Gasteiger charge is 2.91. The Labute approximate surface area is 342 Å². The molecule has 1 spiro atoms. The van der Waals surface area contributed by atoms with E-state index in [1.54, 1.807) is 55.5 Å². The lowest BCUT2D eigenvalue weighted by Gasteiger charge is -2.74. The summed E-state index contributed by atoms with van der Waals surface area (Å²) in [4.78, 5) is 27.0. The molecule has 11 aliphatic rings. The molecule has 2 aromatic carbocycles. The molecule has 59 heavy (non-hydrogen) atoms. The highest BCUT2D eigenvalue weighted by molar-refractivity contribution is 5.89. The van der Waals surface area contributed by atoms with Crippen molar-refractivity contribution in [3.05, 3.63) is 96.1 Å². The van der Waals surface area contributed by atoms with Crippen LogP contribution in [0.15, 0.2) is 85.0 Å². The molecule has 16 atom stereocenters. The predicted molar refractivity (Wildman–Crippen MR) is 207 cm³/mol. The highest BCUT2D eigenvalue weighted by Crippen LogP contribution is 2.75. The van der Waals surface area contributed by atoms with Gasteiger partial charge in [-0.1, -0.05) is 74.5 Å². The predicted octanol–water partition coefficient (Wildman–Crippen LogP) is 3.45. The molecule has 0 amide bonds. The van der Waals surface area contributed by atoms with Crippen molar-refractivity contribution in [2.45, 2.75) is 130 Å². The van der Waals surface area contributed by atoms with Crippen LogP contribution in [0.5, 0.6) is 0 Å². The molecular weight excluding hydrogens is 760 g/mol. The molecule has 13 rings (SSSR count). The van der Waals surface area contributed by atoms with Crippen molar-refractivity contribution in [1.82, 2.24) is 0 Å². The van der Waals surface area contributed by atoms with Crippen LogP contribution in [0.3, 0.4) is 0 Å². The maximum Gasteiger partial charge on any atom is 0.338 e. The molecule has 316 valence electrons. The smallest absolute Gasteiger partial charge is 0.338 e. The molecule has 0 radical (unpaired) electrons. The number of esters is 2. The van der Waals surface area contributed by atoms with Gasteiger partial charge >= 0.3 is 17.9 Å². The first kappa shape index (κ1) is 39.6. The van der Waals surface area contributed by atoms with Crippen LogP contribution in [-0.4, -0.2) is 109 Å². The number of hydrogen-bond acceptors (Lipinski definition) is 13. The van der Waals surface area contributed by atoms with Gasteiger partial charge in [-0.15, -0.1) is 0 Å². The third-order valence-corrected chi connectivity index (χ3v) is 15.9. The van der Waals surface area contributed by atoms with Crippen LogP contribution in [-0.2, 0) is 39.2 Å². The van der Waals surface area contributed by atoms with Gasteiger partial charge in [-0.25, -0.2) is 9.59 Å². The van der Waals surface area contributed by atoms with Crippen LogP contribution in [0.25, 0.3) is 0 Å². The molecule has 11 bridgehead atoms. The topological polar surface area (TPSA) is 194 Å². The van der Waals surface area contributed by atoms with Gasteiger partial charge in [0.15, 0.2) is 0 Å². The van der Waals surface area contributed by atoms with E-state index >= 15 is 0 Å². The number of ether oxygens (including phenoxy) is 6. The van der Waals surface area contributed by atoms with Gasteiger partial charge in [0, 0.05) is 29.4 Å². The normalized spacial score (nSPS) is 51.7. The molecule has 7 heterocycles. The Morgan fingerprint density at radius 2 is 1.54 bits per heavy atom. The maximum atomic E-state index is 13.7. The Kier molecular flexibility index (Phi) is 9.07. The zero-order chi connectivity index (χ0) is 41.3. The van der Waals surface area contributed by atoms with E-state index in [1.165, 1.54) is 12.2 Å². The van der Waals surface area contributed by atoms with Crippen LogP contribution in [0.4, 0.5) is 0 Å². The highest BCUT2D eigenvalue weighted by atomic mass is 16.9. The van der Waals surface area contributed by atoms with Gasteiger partial charge in [-0.3, -0.25) is 0 Å². The fraction of sp³-hybridized carbons (Fsp3) is 0.609. The van der Waals surface area contributed by atoms with Gasteiger partial charge in [0.1, 0.15) is 53.4 Å². The lowest BCUT2D eigenvalue weighted by molar-refractivity contribution is -0.595. The Bertz CT molecular complexity index is 2030. The fourth-order valence-electron chi connectivity index (χ4n) is 13.0. The van der Waals surface area contributed by atoms with Gasteiger partial charge in [-0.2, -0.15) is 0 Å². The van der Waals surface area contributed by atoms with Crippen molar-refractivity contribution in [2.75, 3.05) is 6.61 Å². The van der Waals surface area contributed by atoms with Crippen LogP contribution in [0.1, 0.15) is 75.2 Å². The molecule has 13 nitrogen and oxygen atoms in total.